The molecule has 35 heavy (non-hydrogen) atoms. The topological polar surface area (TPSA) is 82.1 Å². The summed E-state index contributed by atoms with van der Waals surface area (Å²) < 4.78 is 16.3. The Bertz CT molecular complexity index is 995. The summed E-state index contributed by atoms with van der Waals surface area (Å²) in [6.07, 6.45) is 3.84. The van der Waals surface area contributed by atoms with Gasteiger partial charge in [-0.25, -0.2) is 4.79 Å². The molecule has 2 saturated heterocycles. The second-order valence-electron chi connectivity index (χ2n) is 9.23. The van der Waals surface area contributed by atoms with Gasteiger partial charge in [0.25, 0.3) is 0 Å². The summed E-state index contributed by atoms with van der Waals surface area (Å²) >= 11 is 0. The van der Waals surface area contributed by atoms with Gasteiger partial charge in [0.15, 0.2) is 0 Å². The van der Waals surface area contributed by atoms with Gasteiger partial charge in [0.05, 0.1) is 12.7 Å². The van der Waals surface area contributed by atoms with Crippen molar-refractivity contribution >= 4 is 17.9 Å². The van der Waals surface area contributed by atoms with Crippen LogP contribution in [0.1, 0.15) is 54.4 Å². The summed E-state index contributed by atoms with van der Waals surface area (Å²) in [5, 5.41) is 0. The zero-order chi connectivity index (χ0) is 24.6. The highest BCUT2D eigenvalue weighted by Gasteiger charge is 2.52. The van der Waals surface area contributed by atoms with Gasteiger partial charge in [0.2, 0.25) is 0 Å². The highest BCUT2D eigenvalue weighted by atomic mass is 16.6. The quantitative estimate of drug-likeness (QED) is 0.288. The molecule has 0 unspecified atom stereocenters. The number of carbonyl (C=O) groups is 3. The summed E-state index contributed by atoms with van der Waals surface area (Å²) in [5.74, 6) is -1.46. The van der Waals surface area contributed by atoms with E-state index in [4.69, 9.17) is 14.2 Å². The van der Waals surface area contributed by atoms with Crippen LogP contribution in [0, 0.1) is 5.92 Å². The summed E-state index contributed by atoms with van der Waals surface area (Å²) in [6.45, 7) is 1.08. The van der Waals surface area contributed by atoms with Crippen molar-refractivity contribution in [3.63, 3.8) is 0 Å². The SMILES string of the molecule is COC(=O)[C@H]1[C@@H](OC(=O)c2ccccc2)C[C@@H]2CC[C@H]1N2CCCCC(=O)OCc1ccccc1. The van der Waals surface area contributed by atoms with Gasteiger partial charge in [0, 0.05) is 24.9 Å². The summed E-state index contributed by atoms with van der Waals surface area (Å²) in [6, 6.07) is 18.7. The minimum Gasteiger partial charge on any atom is -0.469 e. The van der Waals surface area contributed by atoms with Crippen LogP contribution < -0.4 is 0 Å². The molecule has 186 valence electrons. The highest BCUT2D eigenvalue weighted by molar-refractivity contribution is 5.89. The lowest BCUT2D eigenvalue weighted by atomic mass is 9.87. The molecule has 7 heteroatoms. The highest BCUT2D eigenvalue weighted by Crippen LogP contribution is 2.41. The number of fused-ring (bicyclic) bond motifs is 2. The van der Waals surface area contributed by atoms with E-state index in [-0.39, 0.29) is 24.0 Å². The maximum absolute atomic E-state index is 12.7. The number of piperidine rings is 1. The Labute approximate surface area is 206 Å². The molecular weight excluding hydrogens is 446 g/mol. The van der Waals surface area contributed by atoms with Gasteiger partial charge in [-0.1, -0.05) is 48.5 Å². The molecule has 2 aromatic carbocycles. The lowest BCUT2D eigenvalue weighted by molar-refractivity contribution is -0.156. The lowest BCUT2D eigenvalue weighted by Gasteiger charge is -2.42. The largest absolute Gasteiger partial charge is 0.469 e. The van der Waals surface area contributed by atoms with Gasteiger partial charge in [-0.2, -0.15) is 0 Å². The number of nitrogens with zero attached hydrogens (tertiary/aromatic N) is 1. The van der Waals surface area contributed by atoms with E-state index in [1.54, 1.807) is 24.3 Å². The van der Waals surface area contributed by atoms with E-state index in [0.29, 0.717) is 25.0 Å². The van der Waals surface area contributed by atoms with Crippen molar-refractivity contribution in [1.82, 2.24) is 4.90 Å². The molecule has 2 heterocycles. The number of hydrogen-bond donors (Lipinski definition) is 0. The molecule has 0 aromatic heterocycles. The number of benzene rings is 2. The zero-order valence-corrected chi connectivity index (χ0v) is 20.1. The number of esters is 3. The van der Waals surface area contributed by atoms with E-state index in [0.717, 1.165) is 37.8 Å². The summed E-state index contributed by atoms with van der Waals surface area (Å²) in [5.41, 5.74) is 1.45. The summed E-state index contributed by atoms with van der Waals surface area (Å²) in [4.78, 5) is 39.9. The molecule has 2 bridgehead atoms. The van der Waals surface area contributed by atoms with E-state index >= 15 is 0 Å². The zero-order valence-electron chi connectivity index (χ0n) is 20.1. The Morgan fingerprint density at radius 2 is 1.66 bits per heavy atom. The monoisotopic (exact) mass is 479 g/mol. The molecule has 0 aliphatic carbocycles. The Balaban J connectivity index is 1.28. The van der Waals surface area contributed by atoms with Crippen molar-refractivity contribution in [3.8, 4) is 0 Å². The molecule has 0 radical (unpaired) electrons. The first-order valence-corrected chi connectivity index (χ1v) is 12.4. The third-order valence-corrected chi connectivity index (χ3v) is 7.04. The molecule has 4 rings (SSSR count). The third-order valence-electron chi connectivity index (χ3n) is 7.04. The van der Waals surface area contributed by atoms with Crippen molar-refractivity contribution < 1.29 is 28.6 Å². The minimum absolute atomic E-state index is 0.0280. The van der Waals surface area contributed by atoms with Crippen LogP contribution >= 0.6 is 0 Å². The molecule has 2 aromatic rings. The lowest BCUT2D eigenvalue weighted by Crippen LogP contribution is -2.55. The Hall–Kier alpha value is -3.19. The smallest absolute Gasteiger partial charge is 0.338 e. The minimum atomic E-state index is -0.512. The first-order valence-electron chi connectivity index (χ1n) is 12.4. The first-order chi connectivity index (χ1) is 17.1. The molecule has 2 fully saturated rings. The molecule has 0 N–H and O–H groups in total. The van der Waals surface area contributed by atoms with Crippen LogP contribution in [0.3, 0.4) is 0 Å². The molecule has 0 saturated carbocycles. The molecule has 2 aliphatic heterocycles. The van der Waals surface area contributed by atoms with E-state index in [1.165, 1.54) is 7.11 Å². The van der Waals surface area contributed by atoms with Crippen molar-refractivity contribution in [1.29, 1.82) is 0 Å². The normalized spacial score (nSPS) is 23.5. The number of unbranched alkanes of at least 4 members (excludes halogenated alkanes) is 1. The Kier molecular flexibility index (Phi) is 8.53. The second kappa shape index (κ2) is 12.0. The fraction of sp³-hybridized carbons (Fsp3) is 0.464. The van der Waals surface area contributed by atoms with Crippen molar-refractivity contribution in [2.24, 2.45) is 5.92 Å². The van der Waals surface area contributed by atoms with Gasteiger partial charge in [-0.05, 0) is 49.9 Å². The van der Waals surface area contributed by atoms with Gasteiger partial charge < -0.3 is 14.2 Å². The van der Waals surface area contributed by atoms with Gasteiger partial charge in [-0.15, -0.1) is 0 Å². The Morgan fingerprint density at radius 3 is 2.37 bits per heavy atom. The van der Waals surface area contributed by atoms with Crippen LogP contribution in [-0.2, 0) is 30.4 Å². The average Bonchev–Trinajstić information content (AvgIpc) is 3.17. The van der Waals surface area contributed by atoms with Gasteiger partial charge in [0.1, 0.15) is 18.6 Å². The molecule has 2 aliphatic rings. The predicted octanol–water partition coefficient (Wildman–Crippen LogP) is 4.15. The number of methoxy groups -OCH3 is 1. The second-order valence-corrected chi connectivity index (χ2v) is 9.23. The Morgan fingerprint density at radius 1 is 0.943 bits per heavy atom. The van der Waals surface area contributed by atoms with E-state index < -0.39 is 18.0 Å². The number of rotatable bonds is 10. The molecular formula is C28H33NO6. The molecule has 0 amide bonds. The summed E-state index contributed by atoms with van der Waals surface area (Å²) in [7, 11) is 1.38. The third kappa shape index (κ3) is 6.28. The van der Waals surface area contributed by atoms with Crippen LogP contribution in [0.2, 0.25) is 0 Å². The van der Waals surface area contributed by atoms with Crippen LogP contribution in [0.4, 0.5) is 0 Å². The van der Waals surface area contributed by atoms with Crippen molar-refractivity contribution in [3.05, 3.63) is 71.8 Å². The van der Waals surface area contributed by atoms with E-state index in [2.05, 4.69) is 4.90 Å². The van der Waals surface area contributed by atoms with Crippen molar-refractivity contribution in [2.45, 2.75) is 63.3 Å². The van der Waals surface area contributed by atoms with Gasteiger partial charge in [-0.3, -0.25) is 14.5 Å². The molecule has 0 spiro atoms. The number of carbonyl (C=O) groups excluding carboxylic acids is 3. The van der Waals surface area contributed by atoms with Crippen LogP contribution in [0.25, 0.3) is 0 Å². The van der Waals surface area contributed by atoms with Crippen LogP contribution in [-0.4, -0.2) is 54.7 Å². The average molecular weight is 480 g/mol. The van der Waals surface area contributed by atoms with Crippen LogP contribution in [0.5, 0.6) is 0 Å². The maximum Gasteiger partial charge on any atom is 0.338 e. The number of ether oxygens (including phenoxy) is 3. The first kappa shape index (κ1) is 24.9. The fourth-order valence-electron chi connectivity index (χ4n) is 5.34. The fourth-order valence-corrected chi connectivity index (χ4v) is 5.34. The molecule has 7 nitrogen and oxygen atoms in total. The van der Waals surface area contributed by atoms with Gasteiger partial charge >= 0.3 is 17.9 Å². The van der Waals surface area contributed by atoms with E-state index in [9.17, 15) is 14.4 Å². The van der Waals surface area contributed by atoms with Crippen molar-refractivity contribution in [2.75, 3.05) is 13.7 Å². The number of hydrogen-bond acceptors (Lipinski definition) is 7. The van der Waals surface area contributed by atoms with E-state index in [1.807, 2.05) is 36.4 Å². The predicted molar refractivity (Wildman–Crippen MR) is 129 cm³/mol. The standard InChI is InChI=1S/C28H33NO6/c1-33-28(32)26-23-16-15-22(18-24(26)35-27(31)21-12-6-3-7-13-21)29(23)17-9-8-14-25(30)34-19-20-10-4-2-5-11-20/h2-7,10-13,22-24,26H,8-9,14-19H2,1H3/t22-,23+,24-,26+/m0/s1. The van der Waals surface area contributed by atoms with Crippen LogP contribution in [0.15, 0.2) is 60.7 Å². The molecule has 4 atom stereocenters. The maximum atomic E-state index is 12.7.